The van der Waals surface area contributed by atoms with Crippen LogP contribution in [0.1, 0.15) is 48.9 Å². The van der Waals surface area contributed by atoms with Crippen LogP contribution in [0, 0.1) is 5.92 Å². The average Bonchev–Trinajstić information content (AvgIpc) is 3.35. The van der Waals surface area contributed by atoms with Gasteiger partial charge in [-0.05, 0) is 50.2 Å². The highest BCUT2D eigenvalue weighted by Gasteiger charge is 2.28. The number of carbonyl (C=O) groups excluding carboxylic acids is 2. The minimum absolute atomic E-state index is 0.0623. The minimum Gasteiger partial charge on any atom is -0.367 e. The van der Waals surface area contributed by atoms with E-state index >= 15 is 0 Å². The molecule has 2 aliphatic heterocycles. The monoisotopic (exact) mass is 368 g/mol. The van der Waals surface area contributed by atoms with E-state index in [-0.39, 0.29) is 5.91 Å². The highest BCUT2D eigenvalue weighted by Crippen LogP contribution is 2.23. The largest absolute Gasteiger partial charge is 0.367 e. The number of likely N-dealkylation sites (tertiary alicyclic amines) is 2. The number of amides is 2. The lowest BCUT2D eigenvalue weighted by atomic mass is 9.96. The second-order valence-corrected chi connectivity index (χ2v) is 7.90. The van der Waals surface area contributed by atoms with Crippen LogP contribution >= 0.6 is 0 Å². The molecule has 0 bridgehead atoms. The van der Waals surface area contributed by atoms with Gasteiger partial charge in [-0.2, -0.15) is 0 Å². The lowest BCUT2D eigenvalue weighted by Gasteiger charge is -2.34. The number of anilines is 1. The summed E-state index contributed by atoms with van der Waals surface area (Å²) >= 11 is 0. The van der Waals surface area contributed by atoms with E-state index in [4.69, 9.17) is 0 Å². The molecule has 3 heterocycles. The third-order valence-electron chi connectivity index (χ3n) is 5.92. The Kier molecular flexibility index (Phi) is 5.41. The number of nitrogens with zero attached hydrogens (tertiary/aromatic N) is 3. The molecule has 0 unspecified atom stereocenters. The summed E-state index contributed by atoms with van der Waals surface area (Å²) in [5.74, 6) is 1.70. The van der Waals surface area contributed by atoms with Gasteiger partial charge in [0.1, 0.15) is 5.82 Å². The fourth-order valence-electron chi connectivity index (χ4n) is 4.26. The van der Waals surface area contributed by atoms with Crippen LogP contribution in [0.3, 0.4) is 0 Å². The van der Waals surface area contributed by atoms with Crippen molar-refractivity contribution in [1.29, 1.82) is 0 Å². The van der Waals surface area contributed by atoms with Gasteiger partial charge in [-0.15, -0.1) is 0 Å². The first-order chi connectivity index (χ1) is 13.2. The smallest absolute Gasteiger partial charge is 0.255 e. The van der Waals surface area contributed by atoms with Crippen LogP contribution < -0.4 is 5.32 Å². The van der Waals surface area contributed by atoms with E-state index < -0.39 is 0 Å². The van der Waals surface area contributed by atoms with E-state index in [1.54, 1.807) is 6.20 Å². The third kappa shape index (κ3) is 4.31. The summed E-state index contributed by atoms with van der Waals surface area (Å²) in [6, 6.07) is 4.19. The molecule has 6 heteroatoms. The van der Waals surface area contributed by atoms with Gasteiger partial charge in [0.25, 0.3) is 5.91 Å². The highest BCUT2D eigenvalue weighted by molar-refractivity contribution is 5.94. The SMILES string of the molecule is O=C1CCCN1CC1CCN(C(=O)c2ccc(NC3CC=CC3)nc2)CC1. The number of rotatable bonds is 5. The van der Waals surface area contributed by atoms with Crippen molar-refractivity contribution in [3.05, 3.63) is 36.0 Å². The van der Waals surface area contributed by atoms with E-state index in [1.807, 2.05) is 21.9 Å². The fourth-order valence-corrected chi connectivity index (χ4v) is 4.26. The molecule has 1 N–H and O–H groups in total. The molecule has 6 nitrogen and oxygen atoms in total. The number of carbonyl (C=O) groups is 2. The van der Waals surface area contributed by atoms with Crippen molar-refractivity contribution in [2.75, 3.05) is 31.5 Å². The minimum atomic E-state index is 0.0623. The van der Waals surface area contributed by atoms with Gasteiger partial charge in [0, 0.05) is 44.8 Å². The van der Waals surface area contributed by atoms with Gasteiger partial charge >= 0.3 is 0 Å². The maximum absolute atomic E-state index is 12.7. The number of aromatic nitrogens is 1. The van der Waals surface area contributed by atoms with Gasteiger partial charge in [-0.1, -0.05) is 12.2 Å². The molecule has 4 rings (SSSR count). The molecule has 27 heavy (non-hydrogen) atoms. The van der Waals surface area contributed by atoms with E-state index in [1.165, 1.54) is 0 Å². The van der Waals surface area contributed by atoms with Crippen molar-refractivity contribution < 1.29 is 9.59 Å². The van der Waals surface area contributed by atoms with Crippen molar-refractivity contribution in [1.82, 2.24) is 14.8 Å². The van der Waals surface area contributed by atoms with E-state index in [0.717, 1.165) is 64.1 Å². The van der Waals surface area contributed by atoms with Crippen molar-refractivity contribution in [2.45, 2.75) is 44.6 Å². The molecule has 0 atom stereocenters. The predicted octanol–water partition coefficient (Wildman–Crippen LogP) is 2.69. The summed E-state index contributed by atoms with van der Waals surface area (Å²) in [6.45, 7) is 3.29. The Labute approximate surface area is 160 Å². The van der Waals surface area contributed by atoms with Crippen LogP contribution in [0.5, 0.6) is 0 Å². The molecule has 1 aromatic rings. The van der Waals surface area contributed by atoms with Gasteiger partial charge in [0.2, 0.25) is 5.91 Å². The molecule has 2 saturated heterocycles. The fraction of sp³-hybridized carbons (Fsp3) is 0.571. The molecule has 0 spiro atoms. The Morgan fingerprint density at radius 3 is 2.56 bits per heavy atom. The van der Waals surface area contributed by atoms with Gasteiger partial charge in [-0.25, -0.2) is 4.98 Å². The first kappa shape index (κ1) is 18.0. The molecule has 3 aliphatic rings. The number of hydrogen-bond donors (Lipinski definition) is 1. The lowest BCUT2D eigenvalue weighted by Crippen LogP contribution is -2.41. The molecular weight excluding hydrogens is 340 g/mol. The first-order valence-corrected chi connectivity index (χ1v) is 10.1. The van der Waals surface area contributed by atoms with Crippen molar-refractivity contribution in [2.24, 2.45) is 5.92 Å². The maximum atomic E-state index is 12.7. The highest BCUT2D eigenvalue weighted by atomic mass is 16.2. The zero-order chi connectivity index (χ0) is 18.6. The Balaban J connectivity index is 1.26. The molecule has 0 radical (unpaired) electrons. The quantitative estimate of drug-likeness (QED) is 0.812. The van der Waals surface area contributed by atoms with Gasteiger partial charge in [0.05, 0.1) is 5.56 Å². The molecule has 1 aliphatic carbocycles. The molecule has 2 fully saturated rings. The summed E-state index contributed by atoms with van der Waals surface area (Å²) < 4.78 is 0. The molecule has 1 aromatic heterocycles. The van der Waals surface area contributed by atoms with Gasteiger partial charge in [0.15, 0.2) is 0 Å². The Morgan fingerprint density at radius 1 is 1.15 bits per heavy atom. The maximum Gasteiger partial charge on any atom is 0.255 e. The van der Waals surface area contributed by atoms with E-state index in [2.05, 4.69) is 22.5 Å². The molecule has 144 valence electrons. The Morgan fingerprint density at radius 2 is 1.93 bits per heavy atom. The number of hydrogen-bond acceptors (Lipinski definition) is 4. The Hall–Kier alpha value is -2.37. The summed E-state index contributed by atoms with van der Waals surface area (Å²) in [4.78, 5) is 32.9. The number of pyridine rings is 1. The summed E-state index contributed by atoms with van der Waals surface area (Å²) in [5.41, 5.74) is 0.651. The van der Waals surface area contributed by atoms with Crippen LogP contribution in [0.4, 0.5) is 5.82 Å². The normalized spacial score (nSPS) is 21.3. The zero-order valence-corrected chi connectivity index (χ0v) is 15.8. The second kappa shape index (κ2) is 8.11. The van der Waals surface area contributed by atoms with Gasteiger partial charge in [-0.3, -0.25) is 9.59 Å². The third-order valence-corrected chi connectivity index (χ3v) is 5.92. The molecule has 2 amide bonds. The molecular formula is C21H28N4O2. The van der Waals surface area contributed by atoms with Crippen LogP contribution in [-0.2, 0) is 4.79 Å². The van der Waals surface area contributed by atoms with Crippen molar-refractivity contribution in [3.8, 4) is 0 Å². The number of nitrogens with one attached hydrogen (secondary N) is 1. The lowest BCUT2D eigenvalue weighted by molar-refractivity contribution is -0.128. The zero-order valence-electron chi connectivity index (χ0n) is 15.8. The average molecular weight is 368 g/mol. The van der Waals surface area contributed by atoms with Crippen molar-refractivity contribution >= 4 is 17.6 Å². The summed E-state index contributed by atoms with van der Waals surface area (Å²) in [5, 5.41) is 3.40. The van der Waals surface area contributed by atoms with Crippen LogP contribution in [0.2, 0.25) is 0 Å². The topological polar surface area (TPSA) is 65.5 Å². The molecule has 0 aromatic carbocycles. The van der Waals surface area contributed by atoms with Crippen LogP contribution in [0.25, 0.3) is 0 Å². The van der Waals surface area contributed by atoms with Crippen molar-refractivity contribution in [3.63, 3.8) is 0 Å². The Bertz CT molecular complexity index is 699. The number of piperidine rings is 1. The standard InChI is InChI=1S/C21H28N4O2/c26-20-6-3-11-25(20)15-16-9-12-24(13-10-16)21(27)17-7-8-19(22-14-17)23-18-4-1-2-5-18/h1-2,7-8,14,16,18H,3-6,9-13,15H2,(H,22,23). The van der Waals surface area contributed by atoms with E-state index in [9.17, 15) is 9.59 Å². The van der Waals surface area contributed by atoms with Crippen LogP contribution in [0.15, 0.2) is 30.5 Å². The summed E-state index contributed by atoms with van der Waals surface area (Å²) in [7, 11) is 0. The predicted molar refractivity (Wildman–Crippen MR) is 104 cm³/mol. The van der Waals surface area contributed by atoms with Crippen LogP contribution in [-0.4, -0.2) is 58.8 Å². The van der Waals surface area contributed by atoms with E-state index in [0.29, 0.717) is 29.9 Å². The second-order valence-electron chi connectivity index (χ2n) is 7.90. The summed E-state index contributed by atoms with van der Waals surface area (Å²) in [6.07, 6.45) is 11.7. The first-order valence-electron chi connectivity index (χ1n) is 10.1. The molecule has 0 saturated carbocycles. The van der Waals surface area contributed by atoms with Gasteiger partial charge < -0.3 is 15.1 Å².